The molecule has 0 saturated carbocycles. The molecule has 0 saturated heterocycles. The lowest BCUT2D eigenvalue weighted by molar-refractivity contribution is 0.0525. The molecule has 1 aliphatic rings. The van der Waals surface area contributed by atoms with Gasteiger partial charge in [-0.3, -0.25) is 0 Å². The lowest BCUT2D eigenvalue weighted by Gasteiger charge is -2.35. The van der Waals surface area contributed by atoms with Gasteiger partial charge in [0.1, 0.15) is 5.75 Å². The van der Waals surface area contributed by atoms with Gasteiger partial charge in [-0.25, -0.2) is 9.59 Å². The van der Waals surface area contributed by atoms with E-state index in [9.17, 15) is 14.7 Å². The molecule has 1 unspecified atom stereocenters. The smallest absolute Gasteiger partial charge is 0.343 e. The minimum atomic E-state index is -1.26. The summed E-state index contributed by atoms with van der Waals surface area (Å²) >= 11 is 0. The van der Waals surface area contributed by atoms with Gasteiger partial charge in [0, 0.05) is 8.07 Å². The van der Waals surface area contributed by atoms with Gasteiger partial charge < -0.3 is 14.6 Å². The first-order chi connectivity index (χ1) is 14.5. The maximum atomic E-state index is 12.6. The highest BCUT2D eigenvalue weighted by Crippen LogP contribution is 2.41. The predicted octanol–water partition coefficient (Wildman–Crippen LogP) is 5.51. The summed E-state index contributed by atoms with van der Waals surface area (Å²) in [5.41, 5.74) is 2.65. The molecular formula is C25H32O5Si. The molecule has 166 valence electrons. The molecule has 1 N–H and O–H groups in total. The molecule has 0 amide bonds. The van der Waals surface area contributed by atoms with Crippen molar-refractivity contribution >= 4 is 20.0 Å². The summed E-state index contributed by atoms with van der Waals surface area (Å²) in [6.07, 6.45) is 1.01. The van der Waals surface area contributed by atoms with Crippen LogP contribution in [0.3, 0.4) is 0 Å². The Morgan fingerprint density at radius 3 is 2.32 bits per heavy atom. The molecule has 3 rings (SSSR count). The Morgan fingerprint density at radius 1 is 1.03 bits per heavy atom. The fourth-order valence-electron chi connectivity index (χ4n) is 3.73. The first-order valence-corrected chi connectivity index (χ1v) is 14.5. The van der Waals surface area contributed by atoms with Gasteiger partial charge in [0.15, 0.2) is 0 Å². The van der Waals surface area contributed by atoms with Gasteiger partial charge in [-0.05, 0) is 71.8 Å². The highest BCUT2D eigenvalue weighted by Gasteiger charge is 2.32. The zero-order chi connectivity index (χ0) is 22.8. The second kappa shape index (κ2) is 8.97. The van der Waals surface area contributed by atoms with E-state index in [-0.39, 0.29) is 11.4 Å². The maximum absolute atomic E-state index is 12.6. The number of esters is 2. The lowest BCUT2D eigenvalue weighted by atomic mass is 9.71. The Balaban J connectivity index is 1.65. The molecule has 1 aliphatic carbocycles. The molecule has 0 aliphatic heterocycles. The molecule has 0 fully saturated rings. The highest BCUT2D eigenvalue weighted by atomic mass is 28.3. The van der Waals surface area contributed by atoms with Crippen molar-refractivity contribution in [2.45, 2.75) is 63.9 Å². The summed E-state index contributed by atoms with van der Waals surface area (Å²) in [4.78, 5) is 24.8. The zero-order valence-corrected chi connectivity index (χ0v) is 20.0. The van der Waals surface area contributed by atoms with E-state index in [1.54, 1.807) is 36.4 Å². The molecule has 2 aromatic rings. The van der Waals surface area contributed by atoms with Crippen molar-refractivity contribution in [1.82, 2.24) is 0 Å². The van der Waals surface area contributed by atoms with E-state index >= 15 is 0 Å². The van der Waals surface area contributed by atoms with Gasteiger partial charge in [-0.15, -0.1) is 0 Å². The molecular weight excluding hydrogens is 408 g/mol. The average molecular weight is 441 g/mol. The number of carbonyl (C=O) groups is 2. The number of hydrogen-bond donors (Lipinski definition) is 1. The maximum Gasteiger partial charge on any atom is 0.343 e. The lowest BCUT2D eigenvalue weighted by Crippen LogP contribution is -2.26. The molecule has 1 atom stereocenters. The number of aliphatic hydroxyl groups is 1. The van der Waals surface area contributed by atoms with E-state index < -0.39 is 20.1 Å². The Hall–Kier alpha value is -2.44. The second-order valence-corrected chi connectivity index (χ2v) is 15.7. The van der Waals surface area contributed by atoms with E-state index in [4.69, 9.17) is 9.47 Å². The first kappa shape index (κ1) is 23.2. The second-order valence-electron chi connectivity index (χ2n) is 10.1. The normalized spacial score (nSPS) is 17.5. The quantitative estimate of drug-likeness (QED) is 0.364. The van der Waals surface area contributed by atoms with E-state index in [0.717, 1.165) is 23.6 Å². The average Bonchev–Trinajstić information content (AvgIpc) is 2.70. The third kappa shape index (κ3) is 5.83. The van der Waals surface area contributed by atoms with Gasteiger partial charge in [-0.2, -0.15) is 0 Å². The molecule has 0 spiro atoms. The molecule has 0 bridgehead atoms. The van der Waals surface area contributed by atoms with E-state index in [1.807, 2.05) is 6.07 Å². The van der Waals surface area contributed by atoms with Crippen LogP contribution in [0.4, 0.5) is 0 Å². The summed E-state index contributed by atoms with van der Waals surface area (Å²) in [6.45, 7) is 11.4. The Labute approximate surface area is 185 Å². The summed E-state index contributed by atoms with van der Waals surface area (Å²) in [6, 6.07) is 12.7. The van der Waals surface area contributed by atoms with Crippen LogP contribution in [-0.4, -0.2) is 31.7 Å². The number of rotatable bonds is 6. The summed E-state index contributed by atoms with van der Waals surface area (Å²) in [5.74, 6) is -0.520. The number of benzene rings is 2. The molecule has 0 radical (unpaired) electrons. The van der Waals surface area contributed by atoms with Crippen LogP contribution in [0.15, 0.2) is 42.5 Å². The number of aliphatic hydroxyl groups excluding tert-OH is 1. The Bertz CT molecular complexity index is 957. The molecule has 5 nitrogen and oxygen atoms in total. The van der Waals surface area contributed by atoms with Crippen molar-refractivity contribution in [2.24, 2.45) is 0 Å². The van der Waals surface area contributed by atoms with Crippen molar-refractivity contribution in [3.05, 3.63) is 64.7 Å². The summed E-state index contributed by atoms with van der Waals surface area (Å²) < 4.78 is 10.8. The van der Waals surface area contributed by atoms with Gasteiger partial charge in [0.25, 0.3) is 0 Å². The van der Waals surface area contributed by atoms with Crippen molar-refractivity contribution < 1.29 is 24.2 Å². The van der Waals surface area contributed by atoms with Crippen LogP contribution in [0, 0.1) is 0 Å². The van der Waals surface area contributed by atoms with E-state index in [1.165, 1.54) is 0 Å². The van der Waals surface area contributed by atoms with Crippen LogP contribution in [0.1, 0.15) is 64.6 Å². The van der Waals surface area contributed by atoms with Crippen LogP contribution < -0.4 is 4.74 Å². The van der Waals surface area contributed by atoms with Gasteiger partial charge in [0.05, 0.1) is 23.8 Å². The van der Waals surface area contributed by atoms with Crippen LogP contribution in [0.25, 0.3) is 0 Å². The fraction of sp³-hybridized carbons (Fsp3) is 0.440. The highest BCUT2D eigenvalue weighted by molar-refractivity contribution is 6.76. The topological polar surface area (TPSA) is 72.8 Å². The molecule has 2 aromatic carbocycles. The summed E-state index contributed by atoms with van der Waals surface area (Å²) in [7, 11) is -1.26. The SMILES string of the molecule is CC1(C)CCC(O)c2cc(C(=O)Oc3ccc(C(=O)OCC[Si](C)(C)C)cc3)ccc21. The minimum absolute atomic E-state index is 0.0312. The van der Waals surface area contributed by atoms with Crippen molar-refractivity contribution in [1.29, 1.82) is 0 Å². The molecule has 0 aromatic heterocycles. The minimum Gasteiger partial charge on any atom is -0.462 e. The fourth-order valence-corrected chi connectivity index (χ4v) is 4.44. The van der Waals surface area contributed by atoms with Crippen LogP contribution in [0.5, 0.6) is 5.75 Å². The van der Waals surface area contributed by atoms with Gasteiger partial charge >= 0.3 is 11.9 Å². The number of hydrogen-bond acceptors (Lipinski definition) is 5. The standard InChI is InChI=1S/C25H32O5Si/c1-25(2)13-12-22(26)20-16-18(8-11-21(20)25)24(28)30-19-9-6-17(7-10-19)23(27)29-14-15-31(3,4)5/h6-11,16,22,26H,12-15H2,1-5H3. The first-order valence-electron chi connectivity index (χ1n) is 10.8. The van der Waals surface area contributed by atoms with Crippen molar-refractivity contribution in [2.75, 3.05) is 6.61 Å². The van der Waals surface area contributed by atoms with Gasteiger partial charge in [-0.1, -0.05) is 39.6 Å². The largest absolute Gasteiger partial charge is 0.462 e. The zero-order valence-electron chi connectivity index (χ0n) is 19.0. The number of carbonyl (C=O) groups excluding carboxylic acids is 2. The van der Waals surface area contributed by atoms with Crippen molar-refractivity contribution in [3.63, 3.8) is 0 Å². The predicted molar refractivity (Wildman–Crippen MR) is 123 cm³/mol. The van der Waals surface area contributed by atoms with Crippen LogP contribution in [-0.2, 0) is 10.2 Å². The van der Waals surface area contributed by atoms with Gasteiger partial charge in [0.2, 0.25) is 0 Å². The van der Waals surface area contributed by atoms with Crippen LogP contribution in [0.2, 0.25) is 25.7 Å². The monoisotopic (exact) mass is 440 g/mol. The number of fused-ring (bicyclic) bond motifs is 1. The third-order valence-corrected chi connectivity index (χ3v) is 7.51. The molecule has 0 heterocycles. The Kier molecular flexibility index (Phi) is 6.72. The van der Waals surface area contributed by atoms with Crippen molar-refractivity contribution in [3.8, 4) is 5.75 Å². The number of ether oxygens (including phenoxy) is 2. The molecule has 31 heavy (non-hydrogen) atoms. The van der Waals surface area contributed by atoms with Crippen LogP contribution >= 0.6 is 0 Å². The van der Waals surface area contributed by atoms with E-state index in [2.05, 4.69) is 33.5 Å². The van der Waals surface area contributed by atoms with E-state index in [0.29, 0.717) is 29.9 Å². The summed E-state index contributed by atoms with van der Waals surface area (Å²) in [5, 5.41) is 10.4. The third-order valence-electron chi connectivity index (χ3n) is 5.80. The Morgan fingerprint density at radius 2 is 1.68 bits per heavy atom. The molecule has 6 heteroatoms.